The smallest absolute Gasteiger partial charge is 0.417 e. The Morgan fingerprint density at radius 3 is 2.25 bits per heavy atom. The van der Waals surface area contributed by atoms with E-state index in [4.69, 9.17) is 51.1 Å². The maximum Gasteiger partial charge on any atom is 0.417 e. The third kappa shape index (κ3) is 3.77. The summed E-state index contributed by atoms with van der Waals surface area (Å²) in [6.45, 7) is 0. The zero-order chi connectivity index (χ0) is 18.2. The largest absolute Gasteiger partial charge is 0.436 e. The fourth-order valence-electron chi connectivity index (χ4n) is 1.59. The summed E-state index contributed by atoms with van der Waals surface area (Å²) in [5, 5.41) is 8.29. The van der Waals surface area contributed by atoms with Crippen molar-refractivity contribution in [3.05, 3.63) is 54.1 Å². The zero-order valence-corrected chi connectivity index (χ0v) is 14.0. The van der Waals surface area contributed by atoms with Crippen LogP contribution in [0.15, 0.2) is 18.2 Å². The Balaban J connectivity index is 2.46. The van der Waals surface area contributed by atoms with E-state index in [1.54, 1.807) is 0 Å². The minimum atomic E-state index is -4.77. The lowest BCUT2D eigenvalue weighted by Crippen LogP contribution is -2.07. The Labute approximate surface area is 152 Å². The molecule has 0 amide bonds. The highest BCUT2D eigenvalue weighted by Crippen LogP contribution is 2.47. The molecule has 0 unspecified atom stereocenters. The molecule has 0 atom stereocenters. The number of nitro groups is 1. The summed E-state index contributed by atoms with van der Waals surface area (Å²) in [4.78, 5) is 13.5. The minimum Gasteiger partial charge on any atom is -0.436 e. The van der Waals surface area contributed by atoms with Gasteiger partial charge >= 0.3 is 11.9 Å². The van der Waals surface area contributed by atoms with Gasteiger partial charge in [-0.1, -0.05) is 46.4 Å². The van der Waals surface area contributed by atoms with E-state index in [0.29, 0.717) is 6.07 Å². The Bertz CT molecular complexity index is 830. The van der Waals surface area contributed by atoms with E-state index >= 15 is 0 Å². The molecule has 0 N–H and O–H groups in total. The van der Waals surface area contributed by atoms with Crippen molar-refractivity contribution in [1.29, 1.82) is 0 Å². The summed E-state index contributed by atoms with van der Waals surface area (Å²) >= 11 is 22.7. The monoisotopic (exact) mass is 420 g/mol. The Kier molecular flexibility index (Phi) is 5.34. The molecular weight excluding hydrogens is 419 g/mol. The molecule has 0 bridgehead atoms. The lowest BCUT2D eigenvalue weighted by Gasteiger charge is -2.15. The van der Waals surface area contributed by atoms with Gasteiger partial charge in [0.05, 0.1) is 20.5 Å². The van der Waals surface area contributed by atoms with Gasteiger partial charge in [-0.2, -0.15) is 18.2 Å². The molecule has 1 aromatic heterocycles. The van der Waals surface area contributed by atoms with Crippen LogP contribution in [0.25, 0.3) is 0 Å². The van der Waals surface area contributed by atoms with E-state index in [1.165, 1.54) is 0 Å². The number of alkyl halides is 3. The zero-order valence-electron chi connectivity index (χ0n) is 11.0. The number of hydrogen-bond acceptors (Lipinski definition) is 4. The first-order valence-corrected chi connectivity index (χ1v) is 7.27. The number of hydrogen-bond donors (Lipinski definition) is 0. The van der Waals surface area contributed by atoms with Crippen LogP contribution in [-0.2, 0) is 6.18 Å². The van der Waals surface area contributed by atoms with Gasteiger partial charge in [-0.05, 0) is 6.07 Å². The van der Waals surface area contributed by atoms with Gasteiger partial charge in [-0.15, -0.1) is 0 Å². The van der Waals surface area contributed by atoms with E-state index in [9.17, 15) is 23.3 Å². The van der Waals surface area contributed by atoms with Gasteiger partial charge in [-0.3, -0.25) is 10.1 Å². The average Bonchev–Trinajstić information content (AvgIpc) is 2.45. The van der Waals surface area contributed by atoms with Crippen molar-refractivity contribution in [2.24, 2.45) is 0 Å². The predicted octanol–water partition coefficient (Wildman–Crippen LogP) is 6.41. The number of halogens is 7. The highest BCUT2D eigenvalue weighted by molar-refractivity contribution is 6.45. The average molecular weight is 422 g/mol. The van der Waals surface area contributed by atoms with E-state index < -0.39 is 48.3 Å². The molecule has 0 saturated carbocycles. The Hall–Kier alpha value is -1.48. The van der Waals surface area contributed by atoms with Gasteiger partial charge in [0.2, 0.25) is 11.0 Å². The summed E-state index contributed by atoms with van der Waals surface area (Å²) in [5.74, 6) is -0.668. The van der Waals surface area contributed by atoms with Crippen LogP contribution in [0.1, 0.15) is 5.56 Å². The van der Waals surface area contributed by atoms with Crippen LogP contribution >= 0.6 is 46.4 Å². The second kappa shape index (κ2) is 6.79. The van der Waals surface area contributed by atoms with Crippen molar-refractivity contribution in [2.45, 2.75) is 6.18 Å². The van der Waals surface area contributed by atoms with Crippen molar-refractivity contribution in [1.82, 2.24) is 4.98 Å². The lowest BCUT2D eigenvalue weighted by atomic mass is 10.2. The molecule has 0 aliphatic carbocycles. The second-order valence-corrected chi connectivity index (χ2v) is 5.70. The molecule has 5 nitrogen and oxygen atoms in total. The molecule has 0 radical (unpaired) electrons. The molecule has 12 heteroatoms. The maximum atomic E-state index is 12.8. The standard InChI is InChI=1S/C12H3Cl4F3N2O3/c13-5-3-4(12(17,18)19)8(14)9(15)10(5)24-7-2-1-6(21(22)23)11(16)20-7/h1-3H. The van der Waals surface area contributed by atoms with Crippen molar-refractivity contribution < 1.29 is 22.8 Å². The van der Waals surface area contributed by atoms with Crippen LogP contribution < -0.4 is 4.74 Å². The van der Waals surface area contributed by atoms with Crippen LogP contribution in [-0.4, -0.2) is 9.91 Å². The second-order valence-electron chi connectivity index (χ2n) is 4.18. The normalized spacial score (nSPS) is 11.5. The van der Waals surface area contributed by atoms with E-state index in [-0.39, 0.29) is 5.88 Å². The summed E-state index contributed by atoms with van der Waals surface area (Å²) in [5.41, 5.74) is -1.71. The topological polar surface area (TPSA) is 65.3 Å². The van der Waals surface area contributed by atoms with Crippen LogP contribution in [0.4, 0.5) is 18.9 Å². The highest BCUT2D eigenvalue weighted by atomic mass is 35.5. The van der Waals surface area contributed by atoms with E-state index in [0.717, 1.165) is 12.1 Å². The molecule has 0 aliphatic rings. The first-order chi connectivity index (χ1) is 11.0. The summed E-state index contributed by atoms with van der Waals surface area (Å²) in [6.07, 6.45) is -4.77. The van der Waals surface area contributed by atoms with Gasteiger partial charge in [0, 0.05) is 12.1 Å². The van der Waals surface area contributed by atoms with Crippen LogP contribution in [0, 0.1) is 10.1 Å². The molecule has 1 heterocycles. The SMILES string of the molecule is O=[N+]([O-])c1ccc(Oc2c(Cl)cc(C(F)(F)F)c(Cl)c2Cl)nc1Cl. The third-order valence-electron chi connectivity index (χ3n) is 2.63. The quantitative estimate of drug-likeness (QED) is 0.248. The first-order valence-electron chi connectivity index (χ1n) is 5.76. The molecular formula is C12H3Cl4F3N2O3. The predicted molar refractivity (Wildman–Crippen MR) is 82.4 cm³/mol. The summed E-state index contributed by atoms with van der Waals surface area (Å²) in [6, 6.07) is 2.61. The summed E-state index contributed by atoms with van der Waals surface area (Å²) in [7, 11) is 0. The lowest BCUT2D eigenvalue weighted by molar-refractivity contribution is -0.385. The first kappa shape index (κ1) is 18.9. The highest BCUT2D eigenvalue weighted by Gasteiger charge is 2.36. The number of nitrogens with zero attached hydrogens (tertiary/aromatic N) is 2. The third-order valence-corrected chi connectivity index (χ3v) is 4.04. The van der Waals surface area contributed by atoms with E-state index in [1.807, 2.05) is 0 Å². The van der Waals surface area contributed by atoms with Crippen LogP contribution in [0.5, 0.6) is 11.6 Å². The number of aromatic nitrogens is 1. The molecule has 2 rings (SSSR count). The van der Waals surface area contributed by atoms with Crippen molar-refractivity contribution in [2.75, 3.05) is 0 Å². The minimum absolute atomic E-state index is 0.273. The molecule has 1 aromatic carbocycles. The van der Waals surface area contributed by atoms with Gasteiger partial charge in [-0.25, -0.2) is 0 Å². The molecule has 0 fully saturated rings. The maximum absolute atomic E-state index is 12.8. The molecule has 0 saturated heterocycles. The van der Waals surface area contributed by atoms with Gasteiger partial charge < -0.3 is 4.74 Å². The molecule has 0 spiro atoms. The fraction of sp³-hybridized carbons (Fsp3) is 0.0833. The van der Waals surface area contributed by atoms with Crippen molar-refractivity contribution >= 4 is 52.1 Å². The molecule has 24 heavy (non-hydrogen) atoms. The van der Waals surface area contributed by atoms with Crippen LogP contribution in [0.3, 0.4) is 0 Å². The molecule has 0 aliphatic heterocycles. The fourth-order valence-corrected chi connectivity index (χ4v) is 2.58. The number of rotatable bonds is 3. The molecule has 2 aromatic rings. The van der Waals surface area contributed by atoms with Crippen molar-refractivity contribution in [3.63, 3.8) is 0 Å². The number of benzene rings is 1. The Morgan fingerprint density at radius 1 is 1.12 bits per heavy atom. The van der Waals surface area contributed by atoms with Gasteiger partial charge in [0.1, 0.15) is 5.02 Å². The summed E-state index contributed by atoms with van der Waals surface area (Å²) < 4.78 is 43.6. The number of ether oxygens (including phenoxy) is 1. The molecule has 128 valence electrons. The van der Waals surface area contributed by atoms with Gasteiger partial charge in [0.25, 0.3) is 0 Å². The van der Waals surface area contributed by atoms with Crippen molar-refractivity contribution in [3.8, 4) is 11.6 Å². The van der Waals surface area contributed by atoms with Gasteiger partial charge in [0.15, 0.2) is 5.75 Å². The number of pyridine rings is 1. The Morgan fingerprint density at radius 2 is 1.75 bits per heavy atom. The van der Waals surface area contributed by atoms with Crippen LogP contribution in [0.2, 0.25) is 20.2 Å². The van der Waals surface area contributed by atoms with E-state index in [2.05, 4.69) is 4.98 Å².